The second-order valence-corrected chi connectivity index (χ2v) is 8.43. The summed E-state index contributed by atoms with van der Waals surface area (Å²) in [7, 11) is -3.34. The Morgan fingerprint density at radius 3 is 2.00 bits per heavy atom. The summed E-state index contributed by atoms with van der Waals surface area (Å²) in [5.41, 5.74) is 1.17. The van der Waals surface area contributed by atoms with Gasteiger partial charge in [-0.2, -0.15) is 4.31 Å². The third kappa shape index (κ3) is 3.23. The molecule has 0 unspecified atom stereocenters. The average molecular weight is 295 g/mol. The zero-order valence-electron chi connectivity index (χ0n) is 12.8. The lowest BCUT2D eigenvalue weighted by atomic mass is 9.94. The van der Waals surface area contributed by atoms with Crippen molar-refractivity contribution in [1.29, 1.82) is 0 Å². The van der Waals surface area contributed by atoms with Gasteiger partial charge in [0.05, 0.1) is 4.90 Å². The number of benzene rings is 1. The first kappa shape index (κ1) is 15.5. The van der Waals surface area contributed by atoms with Gasteiger partial charge in [-0.3, -0.25) is 0 Å². The van der Waals surface area contributed by atoms with Crippen LogP contribution < -0.4 is 0 Å². The van der Waals surface area contributed by atoms with Gasteiger partial charge in [0.2, 0.25) is 10.0 Å². The van der Waals surface area contributed by atoms with Gasteiger partial charge in [-0.1, -0.05) is 39.8 Å². The summed E-state index contributed by atoms with van der Waals surface area (Å²) in [6.45, 7) is 9.74. The van der Waals surface area contributed by atoms with Crippen molar-refractivity contribution in [3.63, 3.8) is 0 Å². The SMILES string of the molecule is CC(C)c1ccc(S(=O)(=O)N2C[C@H](C)C[C@@H](C)C2)cc1. The van der Waals surface area contributed by atoms with Gasteiger partial charge in [0.25, 0.3) is 0 Å². The van der Waals surface area contributed by atoms with Crippen molar-refractivity contribution in [2.24, 2.45) is 11.8 Å². The van der Waals surface area contributed by atoms with Crippen LogP contribution in [0, 0.1) is 11.8 Å². The van der Waals surface area contributed by atoms with E-state index in [1.165, 1.54) is 5.56 Å². The van der Waals surface area contributed by atoms with Crippen LogP contribution in [0.15, 0.2) is 29.2 Å². The molecule has 1 saturated heterocycles. The monoisotopic (exact) mass is 295 g/mol. The van der Waals surface area contributed by atoms with Gasteiger partial charge in [-0.05, 0) is 41.9 Å². The molecule has 3 nitrogen and oxygen atoms in total. The Hall–Kier alpha value is -0.870. The largest absolute Gasteiger partial charge is 0.243 e. The molecule has 0 N–H and O–H groups in total. The molecule has 1 aliphatic rings. The Bertz CT molecular complexity index is 538. The lowest BCUT2D eigenvalue weighted by molar-refractivity contribution is 0.222. The van der Waals surface area contributed by atoms with Crippen LogP contribution in [0.25, 0.3) is 0 Å². The summed E-state index contributed by atoms with van der Waals surface area (Å²) in [5.74, 6) is 1.29. The molecule has 112 valence electrons. The van der Waals surface area contributed by atoms with Crippen molar-refractivity contribution >= 4 is 10.0 Å². The van der Waals surface area contributed by atoms with Crippen molar-refractivity contribution in [3.05, 3.63) is 29.8 Å². The number of sulfonamides is 1. The highest BCUT2D eigenvalue weighted by molar-refractivity contribution is 7.89. The molecule has 0 aromatic heterocycles. The summed E-state index contributed by atoms with van der Waals surface area (Å²) >= 11 is 0. The summed E-state index contributed by atoms with van der Waals surface area (Å²) in [4.78, 5) is 0.420. The first-order valence-corrected chi connectivity index (χ1v) is 8.84. The summed E-state index contributed by atoms with van der Waals surface area (Å²) < 4.78 is 27.0. The van der Waals surface area contributed by atoms with Gasteiger partial charge in [0.1, 0.15) is 0 Å². The lowest BCUT2D eigenvalue weighted by Crippen LogP contribution is -2.42. The number of hydrogen-bond donors (Lipinski definition) is 0. The molecule has 2 atom stereocenters. The molecule has 0 aliphatic carbocycles. The Morgan fingerprint density at radius 2 is 1.55 bits per heavy atom. The fourth-order valence-corrected chi connectivity index (χ4v) is 4.66. The quantitative estimate of drug-likeness (QED) is 0.856. The fourth-order valence-electron chi connectivity index (χ4n) is 2.98. The molecule has 1 aromatic rings. The van der Waals surface area contributed by atoms with E-state index in [0.29, 0.717) is 35.7 Å². The number of rotatable bonds is 3. The molecular weight excluding hydrogens is 270 g/mol. The van der Waals surface area contributed by atoms with Crippen LogP contribution in [-0.4, -0.2) is 25.8 Å². The summed E-state index contributed by atoms with van der Waals surface area (Å²) in [6, 6.07) is 7.34. The highest BCUT2D eigenvalue weighted by Crippen LogP contribution is 2.27. The van der Waals surface area contributed by atoms with Crippen LogP contribution in [0.2, 0.25) is 0 Å². The number of nitrogens with zero attached hydrogens (tertiary/aromatic N) is 1. The lowest BCUT2D eigenvalue weighted by Gasteiger charge is -2.34. The fraction of sp³-hybridized carbons (Fsp3) is 0.625. The van der Waals surface area contributed by atoms with E-state index in [0.717, 1.165) is 6.42 Å². The molecule has 0 amide bonds. The Labute approximate surface area is 123 Å². The van der Waals surface area contributed by atoms with Gasteiger partial charge >= 0.3 is 0 Å². The van der Waals surface area contributed by atoms with E-state index in [1.54, 1.807) is 16.4 Å². The van der Waals surface area contributed by atoms with Crippen molar-refractivity contribution in [1.82, 2.24) is 4.31 Å². The van der Waals surface area contributed by atoms with E-state index in [1.807, 2.05) is 12.1 Å². The zero-order valence-corrected chi connectivity index (χ0v) is 13.7. The van der Waals surface area contributed by atoms with E-state index in [4.69, 9.17) is 0 Å². The molecule has 4 heteroatoms. The Kier molecular flexibility index (Phi) is 4.55. The summed E-state index contributed by atoms with van der Waals surface area (Å²) in [5, 5.41) is 0. The van der Waals surface area contributed by atoms with Gasteiger partial charge in [0, 0.05) is 13.1 Å². The van der Waals surface area contributed by atoms with Crippen molar-refractivity contribution in [3.8, 4) is 0 Å². The standard InChI is InChI=1S/C16H25NO2S/c1-12(2)15-5-7-16(8-6-15)20(18,19)17-10-13(3)9-14(4)11-17/h5-8,12-14H,9-11H2,1-4H3/t13-,14-/m1/s1. The number of piperidine rings is 1. The van der Waals surface area contributed by atoms with Crippen LogP contribution in [0.5, 0.6) is 0 Å². The molecule has 1 heterocycles. The van der Waals surface area contributed by atoms with Gasteiger partial charge in [-0.25, -0.2) is 8.42 Å². The Balaban J connectivity index is 2.25. The third-order valence-corrected chi connectivity index (χ3v) is 5.87. The highest BCUT2D eigenvalue weighted by Gasteiger charge is 2.31. The van der Waals surface area contributed by atoms with E-state index in [2.05, 4.69) is 27.7 Å². The average Bonchev–Trinajstić information content (AvgIpc) is 2.37. The second kappa shape index (κ2) is 5.86. The highest BCUT2D eigenvalue weighted by atomic mass is 32.2. The smallest absolute Gasteiger partial charge is 0.207 e. The maximum Gasteiger partial charge on any atom is 0.243 e. The molecule has 20 heavy (non-hydrogen) atoms. The normalized spacial score (nSPS) is 25.1. The van der Waals surface area contributed by atoms with Crippen molar-refractivity contribution in [2.75, 3.05) is 13.1 Å². The van der Waals surface area contributed by atoms with Crippen molar-refractivity contribution < 1.29 is 8.42 Å². The molecule has 2 rings (SSSR count). The van der Waals surface area contributed by atoms with E-state index >= 15 is 0 Å². The molecule has 1 aliphatic heterocycles. The van der Waals surface area contributed by atoms with E-state index in [9.17, 15) is 8.42 Å². The first-order chi connectivity index (χ1) is 9.30. The maximum absolute atomic E-state index is 12.7. The molecule has 0 saturated carbocycles. The minimum Gasteiger partial charge on any atom is -0.207 e. The Morgan fingerprint density at radius 1 is 1.05 bits per heavy atom. The van der Waals surface area contributed by atoms with E-state index in [-0.39, 0.29) is 0 Å². The second-order valence-electron chi connectivity index (χ2n) is 6.49. The molecule has 0 bridgehead atoms. The van der Waals surface area contributed by atoms with Crippen LogP contribution in [0.1, 0.15) is 45.6 Å². The van der Waals surface area contributed by atoms with E-state index < -0.39 is 10.0 Å². The third-order valence-electron chi connectivity index (χ3n) is 4.02. The predicted octanol–water partition coefficient (Wildman–Crippen LogP) is 3.48. The molecular formula is C16H25NO2S. The van der Waals surface area contributed by atoms with Crippen molar-refractivity contribution in [2.45, 2.75) is 44.9 Å². The molecule has 1 aromatic carbocycles. The molecule has 0 spiro atoms. The molecule has 1 fully saturated rings. The van der Waals surface area contributed by atoms with Crippen LogP contribution in [0.4, 0.5) is 0 Å². The summed E-state index contributed by atoms with van der Waals surface area (Å²) in [6.07, 6.45) is 1.11. The van der Waals surface area contributed by atoms with Gasteiger partial charge in [-0.15, -0.1) is 0 Å². The predicted molar refractivity (Wildman–Crippen MR) is 82.2 cm³/mol. The van der Waals surface area contributed by atoms with Gasteiger partial charge < -0.3 is 0 Å². The first-order valence-electron chi connectivity index (χ1n) is 7.40. The van der Waals surface area contributed by atoms with Gasteiger partial charge in [0.15, 0.2) is 0 Å². The van der Waals surface area contributed by atoms with Crippen LogP contribution in [0.3, 0.4) is 0 Å². The maximum atomic E-state index is 12.7. The van der Waals surface area contributed by atoms with Crippen LogP contribution >= 0.6 is 0 Å². The zero-order chi connectivity index (χ0) is 14.9. The minimum absolute atomic E-state index is 0.418. The minimum atomic E-state index is -3.34. The number of hydrogen-bond acceptors (Lipinski definition) is 2. The van der Waals surface area contributed by atoms with Crippen LogP contribution in [-0.2, 0) is 10.0 Å². The topological polar surface area (TPSA) is 37.4 Å². The molecule has 0 radical (unpaired) electrons.